The van der Waals surface area contributed by atoms with Crippen molar-refractivity contribution in [3.05, 3.63) is 59.2 Å². The molecule has 1 atom stereocenters. The molecular weight excluding hydrogens is 262 g/mol. The summed E-state index contributed by atoms with van der Waals surface area (Å²) in [6.07, 6.45) is 3.51. The summed E-state index contributed by atoms with van der Waals surface area (Å²) in [5, 5.41) is 13.5. The number of phenols is 1. The van der Waals surface area contributed by atoms with E-state index in [0.29, 0.717) is 18.3 Å². The highest BCUT2D eigenvalue weighted by Crippen LogP contribution is 2.30. The maximum Gasteiger partial charge on any atom is 0.120 e. The molecule has 0 radical (unpaired) electrons. The van der Waals surface area contributed by atoms with E-state index in [1.807, 2.05) is 6.07 Å². The molecule has 2 N–H and O–H groups in total. The van der Waals surface area contributed by atoms with Gasteiger partial charge in [0.25, 0.3) is 0 Å². The van der Waals surface area contributed by atoms with Crippen LogP contribution in [-0.4, -0.2) is 12.2 Å². The predicted octanol–water partition coefficient (Wildman–Crippen LogP) is 3.57. The summed E-state index contributed by atoms with van der Waals surface area (Å²) in [4.78, 5) is 0. The van der Waals surface area contributed by atoms with Crippen LogP contribution in [0.5, 0.6) is 11.5 Å². The van der Waals surface area contributed by atoms with Crippen molar-refractivity contribution in [2.24, 2.45) is 0 Å². The van der Waals surface area contributed by atoms with Crippen LogP contribution >= 0.6 is 0 Å². The van der Waals surface area contributed by atoms with Gasteiger partial charge in [0.05, 0.1) is 7.11 Å². The molecule has 0 fully saturated rings. The zero-order chi connectivity index (χ0) is 14.7. The first-order chi connectivity index (χ1) is 10.3. The number of rotatable bonds is 4. The quantitative estimate of drug-likeness (QED) is 0.901. The SMILES string of the molecule is COc1ccc(O)c(CNC2CCCc3ccccc32)c1. The molecule has 0 aromatic heterocycles. The van der Waals surface area contributed by atoms with Crippen molar-refractivity contribution in [1.82, 2.24) is 5.32 Å². The molecule has 0 saturated heterocycles. The van der Waals surface area contributed by atoms with E-state index in [1.54, 1.807) is 19.2 Å². The number of phenolic OH excluding ortho intramolecular Hbond substituents is 1. The van der Waals surface area contributed by atoms with Gasteiger partial charge in [-0.15, -0.1) is 0 Å². The number of benzene rings is 2. The van der Waals surface area contributed by atoms with Gasteiger partial charge in [0.15, 0.2) is 0 Å². The van der Waals surface area contributed by atoms with Crippen LogP contribution in [0.4, 0.5) is 0 Å². The zero-order valence-corrected chi connectivity index (χ0v) is 12.3. The lowest BCUT2D eigenvalue weighted by Gasteiger charge is -2.26. The smallest absolute Gasteiger partial charge is 0.120 e. The molecule has 0 bridgehead atoms. The highest BCUT2D eigenvalue weighted by atomic mass is 16.5. The Balaban J connectivity index is 1.74. The molecule has 110 valence electrons. The number of hydrogen-bond acceptors (Lipinski definition) is 3. The molecular formula is C18H21NO2. The molecule has 0 aliphatic heterocycles. The molecule has 1 aliphatic carbocycles. The summed E-state index contributed by atoms with van der Waals surface area (Å²) in [5.41, 5.74) is 3.71. The highest BCUT2D eigenvalue weighted by Gasteiger charge is 2.19. The number of ether oxygens (including phenoxy) is 1. The predicted molar refractivity (Wildman–Crippen MR) is 83.6 cm³/mol. The van der Waals surface area contributed by atoms with E-state index in [9.17, 15) is 5.11 Å². The molecule has 0 spiro atoms. The van der Waals surface area contributed by atoms with Gasteiger partial charge in [-0.2, -0.15) is 0 Å². The summed E-state index contributed by atoms with van der Waals surface area (Å²) in [7, 11) is 1.64. The summed E-state index contributed by atoms with van der Waals surface area (Å²) in [6.45, 7) is 0.641. The number of aromatic hydroxyl groups is 1. The van der Waals surface area contributed by atoms with E-state index >= 15 is 0 Å². The maximum absolute atomic E-state index is 9.96. The molecule has 0 saturated carbocycles. The lowest BCUT2D eigenvalue weighted by Crippen LogP contribution is -2.24. The van der Waals surface area contributed by atoms with Gasteiger partial charge in [-0.25, -0.2) is 0 Å². The first-order valence-electron chi connectivity index (χ1n) is 7.45. The monoisotopic (exact) mass is 283 g/mol. The third-order valence-electron chi connectivity index (χ3n) is 4.19. The molecule has 1 aliphatic rings. The van der Waals surface area contributed by atoms with Gasteiger partial charge in [0.2, 0.25) is 0 Å². The van der Waals surface area contributed by atoms with E-state index in [0.717, 1.165) is 17.7 Å². The second-order valence-corrected chi connectivity index (χ2v) is 5.52. The van der Waals surface area contributed by atoms with Crippen LogP contribution in [-0.2, 0) is 13.0 Å². The van der Waals surface area contributed by atoms with Gasteiger partial charge < -0.3 is 15.2 Å². The van der Waals surface area contributed by atoms with Crippen LogP contribution in [0.1, 0.15) is 35.6 Å². The Bertz CT molecular complexity index is 624. The van der Waals surface area contributed by atoms with Gasteiger partial charge in [-0.1, -0.05) is 24.3 Å². The minimum absolute atomic E-state index is 0.312. The van der Waals surface area contributed by atoms with E-state index in [4.69, 9.17) is 4.74 Å². The van der Waals surface area contributed by atoms with Crippen LogP contribution in [0.3, 0.4) is 0 Å². The Morgan fingerprint density at radius 2 is 2.10 bits per heavy atom. The van der Waals surface area contributed by atoms with Crippen molar-refractivity contribution < 1.29 is 9.84 Å². The van der Waals surface area contributed by atoms with Crippen molar-refractivity contribution >= 4 is 0 Å². The summed E-state index contributed by atoms with van der Waals surface area (Å²) in [6, 6.07) is 14.3. The Morgan fingerprint density at radius 1 is 1.24 bits per heavy atom. The van der Waals surface area contributed by atoms with Crippen molar-refractivity contribution in [3.63, 3.8) is 0 Å². The van der Waals surface area contributed by atoms with E-state index < -0.39 is 0 Å². The molecule has 2 aromatic rings. The van der Waals surface area contributed by atoms with E-state index in [2.05, 4.69) is 29.6 Å². The summed E-state index contributed by atoms with van der Waals surface area (Å²) >= 11 is 0. The van der Waals surface area contributed by atoms with E-state index in [-0.39, 0.29) is 0 Å². The normalized spacial score (nSPS) is 17.3. The fraction of sp³-hybridized carbons (Fsp3) is 0.333. The second kappa shape index (κ2) is 6.19. The average Bonchev–Trinajstić information content (AvgIpc) is 2.54. The van der Waals surface area contributed by atoms with Crippen molar-refractivity contribution in [2.75, 3.05) is 7.11 Å². The summed E-state index contributed by atoms with van der Waals surface area (Å²) in [5.74, 6) is 1.08. The Morgan fingerprint density at radius 3 is 2.95 bits per heavy atom. The van der Waals surface area contributed by atoms with Crippen molar-refractivity contribution in [2.45, 2.75) is 31.8 Å². The average molecular weight is 283 g/mol. The zero-order valence-electron chi connectivity index (χ0n) is 12.3. The third-order valence-corrected chi connectivity index (χ3v) is 4.19. The fourth-order valence-corrected chi connectivity index (χ4v) is 3.03. The molecule has 1 unspecified atom stereocenters. The number of hydrogen-bond donors (Lipinski definition) is 2. The van der Waals surface area contributed by atoms with Gasteiger partial charge in [0, 0.05) is 18.2 Å². The minimum Gasteiger partial charge on any atom is -0.508 e. The number of nitrogens with one attached hydrogen (secondary N) is 1. The van der Waals surface area contributed by atoms with Gasteiger partial charge >= 0.3 is 0 Å². The Hall–Kier alpha value is -2.00. The molecule has 0 heterocycles. The van der Waals surface area contributed by atoms with Crippen molar-refractivity contribution in [3.8, 4) is 11.5 Å². The Kier molecular flexibility index (Phi) is 4.11. The van der Waals surface area contributed by atoms with Gasteiger partial charge in [-0.3, -0.25) is 0 Å². The molecule has 3 nitrogen and oxygen atoms in total. The molecule has 21 heavy (non-hydrogen) atoms. The van der Waals surface area contributed by atoms with E-state index in [1.165, 1.54) is 24.0 Å². The van der Waals surface area contributed by atoms with Gasteiger partial charge in [-0.05, 0) is 48.6 Å². The molecule has 3 rings (SSSR count). The molecule has 0 amide bonds. The second-order valence-electron chi connectivity index (χ2n) is 5.52. The van der Waals surface area contributed by atoms with Crippen molar-refractivity contribution in [1.29, 1.82) is 0 Å². The molecule has 3 heteroatoms. The number of aryl methyl sites for hydroxylation is 1. The largest absolute Gasteiger partial charge is 0.508 e. The highest BCUT2D eigenvalue weighted by molar-refractivity contribution is 5.39. The first kappa shape index (κ1) is 14.0. The van der Waals surface area contributed by atoms with Crippen LogP contribution in [0.2, 0.25) is 0 Å². The summed E-state index contributed by atoms with van der Waals surface area (Å²) < 4.78 is 5.22. The topological polar surface area (TPSA) is 41.5 Å². The van der Waals surface area contributed by atoms with Crippen LogP contribution in [0.15, 0.2) is 42.5 Å². The maximum atomic E-state index is 9.96. The van der Waals surface area contributed by atoms with Crippen LogP contribution in [0, 0.1) is 0 Å². The van der Waals surface area contributed by atoms with Crippen LogP contribution < -0.4 is 10.1 Å². The Labute approximate surface area is 125 Å². The fourth-order valence-electron chi connectivity index (χ4n) is 3.03. The van der Waals surface area contributed by atoms with Gasteiger partial charge in [0.1, 0.15) is 11.5 Å². The molecule has 2 aromatic carbocycles. The lowest BCUT2D eigenvalue weighted by molar-refractivity contribution is 0.407. The number of fused-ring (bicyclic) bond motifs is 1. The van der Waals surface area contributed by atoms with Crippen LogP contribution in [0.25, 0.3) is 0 Å². The lowest BCUT2D eigenvalue weighted by atomic mass is 9.87. The third kappa shape index (κ3) is 3.03. The first-order valence-corrected chi connectivity index (χ1v) is 7.45. The minimum atomic E-state index is 0.312. The number of methoxy groups -OCH3 is 1. The standard InChI is InChI=1S/C18H21NO2/c1-21-15-9-10-18(20)14(11-15)12-19-17-8-4-6-13-5-2-3-7-16(13)17/h2-3,5,7,9-11,17,19-20H,4,6,8,12H2,1H3.